The molecule has 2 fully saturated rings. The second-order valence-corrected chi connectivity index (χ2v) is 15.3. The van der Waals surface area contributed by atoms with Crippen molar-refractivity contribution in [3.63, 3.8) is 0 Å². The van der Waals surface area contributed by atoms with Crippen LogP contribution >= 0.6 is 15.8 Å². The molecule has 0 aromatic heterocycles. The van der Waals surface area contributed by atoms with E-state index in [1.165, 1.54) is 44.9 Å². The van der Waals surface area contributed by atoms with Crippen LogP contribution in [0, 0.1) is 62.2 Å². The summed E-state index contributed by atoms with van der Waals surface area (Å²) in [6.07, 6.45) is 13.9. The molecule has 40 heavy (non-hydrogen) atoms. The Morgan fingerprint density at radius 1 is 0.375 bits per heavy atom. The molecule has 4 aromatic carbocycles. The van der Waals surface area contributed by atoms with Gasteiger partial charge in [0.1, 0.15) is 0 Å². The van der Waals surface area contributed by atoms with Crippen LogP contribution in [-0.2, 0) is 0 Å². The molecule has 2 heteroatoms. The van der Waals surface area contributed by atoms with Crippen molar-refractivity contribution >= 4 is 37.1 Å². The van der Waals surface area contributed by atoms with Crippen LogP contribution in [0.4, 0.5) is 0 Å². The van der Waals surface area contributed by atoms with Gasteiger partial charge in [-0.05, 0) is 111 Å². The van der Waals surface area contributed by atoms with E-state index in [1.807, 2.05) is 0 Å². The monoisotopic (exact) mass is 552 g/mol. The molecule has 2 aliphatic carbocycles. The molecule has 2 atom stereocenters. The highest BCUT2D eigenvalue weighted by molar-refractivity contribution is 7.74. The van der Waals surface area contributed by atoms with Crippen molar-refractivity contribution in [1.29, 1.82) is 0 Å². The van der Waals surface area contributed by atoms with Gasteiger partial charge in [0.15, 0.2) is 0 Å². The zero-order chi connectivity index (χ0) is 27.3. The zero-order valence-corrected chi connectivity index (χ0v) is 24.8. The third-order valence-electron chi connectivity index (χ3n) is 7.80. The molecule has 0 spiro atoms. The van der Waals surface area contributed by atoms with Gasteiger partial charge in [-0.3, -0.25) is 0 Å². The summed E-state index contributed by atoms with van der Waals surface area (Å²) >= 11 is 0. The van der Waals surface area contributed by atoms with E-state index in [4.69, 9.17) is 0 Å². The summed E-state index contributed by atoms with van der Waals surface area (Å²) in [7, 11) is -1.12. The van der Waals surface area contributed by atoms with Gasteiger partial charge in [0, 0.05) is 0 Å². The molecule has 0 saturated heterocycles. The second-order valence-electron chi connectivity index (χ2n) is 10.2. The van der Waals surface area contributed by atoms with Gasteiger partial charge in [0.2, 0.25) is 0 Å². The van der Waals surface area contributed by atoms with Gasteiger partial charge >= 0.3 is 0 Å². The van der Waals surface area contributed by atoms with Crippen molar-refractivity contribution in [2.75, 3.05) is 0 Å². The molecule has 0 nitrogen and oxygen atoms in total. The highest BCUT2D eigenvalue weighted by atomic mass is 31.1. The first-order valence-electron chi connectivity index (χ1n) is 14.0. The van der Waals surface area contributed by atoms with E-state index in [0.29, 0.717) is 11.3 Å². The summed E-state index contributed by atoms with van der Waals surface area (Å²) in [6.45, 7) is 4.86. The van der Waals surface area contributed by atoms with Gasteiger partial charge in [-0.25, -0.2) is 0 Å². The first-order valence-corrected chi connectivity index (χ1v) is 16.8. The molecule has 6 rings (SSSR count). The molecule has 2 aliphatic rings. The van der Waals surface area contributed by atoms with Crippen molar-refractivity contribution in [1.82, 2.24) is 0 Å². The van der Waals surface area contributed by atoms with Crippen LogP contribution in [0.25, 0.3) is 0 Å². The third kappa shape index (κ3) is 5.87. The van der Waals surface area contributed by atoms with E-state index in [1.54, 1.807) is 0 Å². The average Bonchev–Trinajstić information content (AvgIpc) is 3.70. The van der Waals surface area contributed by atoms with E-state index in [0.717, 1.165) is 0 Å². The quantitative estimate of drug-likeness (QED) is 0.188. The normalized spacial score (nSPS) is 19.0. The lowest BCUT2D eigenvalue weighted by Gasteiger charge is -2.39. The average molecular weight is 553 g/mol. The highest BCUT2D eigenvalue weighted by Gasteiger charge is 2.48. The Morgan fingerprint density at radius 2 is 0.650 bits per heavy atom. The predicted octanol–water partition coefficient (Wildman–Crippen LogP) is 7.58. The molecule has 4 aromatic rings. The largest absolute Gasteiger partial charge is 0.0622 e. The molecule has 0 aliphatic heterocycles. The molecule has 0 N–H and O–H groups in total. The Labute approximate surface area is 245 Å². The summed E-state index contributed by atoms with van der Waals surface area (Å²) in [5, 5.41) is 5.71. The zero-order valence-electron chi connectivity index (χ0n) is 23.1. The first-order chi connectivity index (χ1) is 19.7. The maximum atomic E-state index is 2.43. The maximum Gasteiger partial charge on any atom is -0.00499 e. The lowest BCUT2D eigenvalue weighted by molar-refractivity contribution is 0.859. The minimum Gasteiger partial charge on any atom is -0.0622 e. The van der Waals surface area contributed by atoms with Gasteiger partial charge < -0.3 is 0 Å². The lowest BCUT2D eigenvalue weighted by Crippen LogP contribution is -2.32. The molecule has 0 unspecified atom stereocenters. The van der Waals surface area contributed by atoms with E-state index >= 15 is 0 Å². The molecule has 0 bridgehead atoms. The van der Waals surface area contributed by atoms with E-state index < -0.39 is 15.8 Å². The molecule has 10 radical (unpaired) electrons. The Morgan fingerprint density at radius 3 is 0.925 bits per heavy atom. The maximum absolute atomic E-state index is 2.43. The molecule has 2 saturated carbocycles. The fraction of sp³-hybridized carbons (Fsp3) is 0.105. The van der Waals surface area contributed by atoms with Crippen LogP contribution in [0.3, 0.4) is 0 Å². The molecule has 0 amide bonds. The standard InChI is InChI=1S/C38H34P2/c1-29(39(31-17-7-3-8-18-31)32-19-9-4-10-20-32)35-25-15-27-37(35)38-28-16-26-36(38)30(2)40(33-21-11-5-12-22-33)34-23-13-6-14-24-34/h3-30H,1-2H3/t29-,30-/m1/s1. The minimum absolute atomic E-state index is 0.382. The van der Waals surface area contributed by atoms with Crippen molar-refractivity contribution in [3.8, 4) is 0 Å². The van der Waals surface area contributed by atoms with Crippen molar-refractivity contribution in [3.05, 3.63) is 184 Å². The van der Waals surface area contributed by atoms with Gasteiger partial charge in [-0.1, -0.05) is 135 Å². The number of hydrogen-bond donors (Lipinski definition) is 0. The van der Waals surface area contributed by atoms with Crippen LogP contribution in [0.1, 0.15) is 13.8 Å². The summed E-state index contributed by atoms with van der Waals surface area (Å²) in [6, 6.07) is 44.4. The Bertz CT molecular complexity index is 1120. The fourth-order valence-electron chi connectivity index (χ4n) is 5.91. The fourth-order valence-corrected chi connectivity index (χ4v) is 11.3. The second kappa shape index (κ2) is 13.1. The van der Waals surface area contributed by atoms with E-state index in [9.17, 15) is 0 Å². The summed E-state index contributed by atoms with van der Waals surface area (Å²) in [5.74, 6) is 5.66. The van der Waals surface area contributed by atoms with Gasteiger partial charge in [-0.2, -0.15) is 0 Å². The number of rotatable bonds is 9. The molecule has 196 valence electrons. The van der Waals surface area contributed by atoms with Gasteiger partial charge in [0.05, 0.1) is 0 Å². The van der Waals surface area contributed by atoms with Crippen molar-refractivity contribution in [2.24, 2.45) is 0 Å². The Hall–Kier alpha value is -2.26. The topological polar surface area (TPSA) is 0 Å². The molecular formula is C38H34P2. The highest BCUT2D eigenvalue weighted by Crippen LogP contribution is 2.59. The van der Waals surface area contributed by atoms with Gasteiger partial charge in [0.25, 0.3) is 0 Å². The number of benzene rings is 4. The molecular weight excluding hydrogens is 518 g/mol. The van der Waals surface area contributed by atoms with Gasteiger partial charge in [-0.15, -0.1) is 0 Å². The smallest absolute Gasteiger partial charge is 0.00499 e. The minimum atomic E-state index is -0.560. The van der Waals surface area contributed by atoms with Crippen LogP contribution in [0.5, 0.6) is 0 Å². The lowest BCUT2D eigenvalue weighted by atomic mass is 9.76. The van der Waals surface area contributed by atoms with E-state index in [2.05, 4.69) is 174 Å². The third-order valence-corrected chi connectivity index (χ3v) is 13.3. The van der Waals surface area contributed by atoms with Crippen molar-refractivity contribution in [2.45, 2.75) is 25.2 Å². The predicted molar refractivity (Wildman–Crippen MR) is 176 cm³/mol. The Kier molecular flexibility index (Phi) is 9.17. The van der Waals surface area contributed by atoms with E-state index in [-0.39, 0.29) is 0 Å². The van der Waals surface area contributed by atoms with Crippen LogP contribution in [0.15, 0.2) is 121 Å². The molecule has 0 heterocycles. The summed E-state index contributed by atoms with van der Waals surface area (Å²) < 4.78 is 0. The summed E-state index contributed by atoms with van der Waals surface area (Å²) in [5.41, 5.74) is 0.764. The summed E-state index contributed by atoms with van der Waals surface area (Å²) in [4.78, 5) is 0. The SMILES string of the molecule is C[C@H]([C]1[CH][CH][CH][C]1[C]1[CH][CH][CH][C]1[C@@H](C)P(c1ccccc1)c1ccccc1)P(c1ccccc1)c1ccccc1. The van der Waals surface area contributed by atoms with Crippen LogP contribution < -0.4 is 21.2 Å². The number of hydrogen-bond acceptors (Lipinski definition) is 0. The van der Waals surface area contributed by atoms with Crippen LogP contribution in [0.2, 0.25) is 0 Å². The first kappa shape index (κ1) is 27.9. The Balaban J connectivity index is 1.30. The van der Waals surface area contributed by atoms with Crippen LogP contribution in [-0.4, -0.2) is 11.3 Å². The van der Waals surface area contributed by atoms with Crippen molar-refractivity contribution < 1.29 is 0 Å².